The Balaban J connectivity index is 1.38. The van der Waals surface area contributed by atoms with E-state index in [4.69, 9.17) is 0 Å². The fourth-order valence-electron chi connectivity index (χ4n) is 4.83. The Morgan fingerprint density at radius 1 is 1.02 bits per heavy atom. The minimum atomic E-state index is -0.985. The SMILES string of the molecule is Cc1ccc(C(O)=C2C(=O)C(=O)N(c3nnc(SCc4cccc5ccccc45)s3)[C@@H]2c2cccc(Br)c2)cc1F. The standard InChI is InChI=1S/C31H21BrFN3O3S2/c1-17-12-13-20(15-24(17)33)27(37)25-26(19-8-5-10-22(32)14-19)36(29(39)28(25)38)30-34-35-31(41-30)40-16-21-9-4-7-18-6-2-3-11-23(18)21/h2-15,26,37H,16H2,1H3/t26-/m1/s1. The second-order valence-electron chi connectivity index (χ2n) is 9.47. The van der Waals surface area contributed by atoms with E-state index in [0.717, 1.165) is 26.9 Å². The van der Waals surface area contributed by atoms with Gasteiger partial charge >= 0.3 is 5.91 Å². The van der Waals surface area contributed by atoms with Crippen LogP contribution in [0.2, 0.25) is 0 Å². The highest BCUT2D eigenvalue weighted by atomic mass is 79.9. The topological polar surface area (TPSA) is 83.4 Å². The Morgan fingerprint density at radius 3 is 2.61 bits per heavy atom. The van der Waals surface area contributed by atoms with Crippen LogP contribution in [0.15, 0.2) is 99.3 Å². The molecule has 0 radical (unpaired) electrons. The maximum atomic E-state index is 14.4. The molecular weight excluding hydrogens is 625 g/mol. The Morgan fingerprint density at radius 2 is 1.80 bits per heavy atom. The number of benzene rings is 4. The van der Waals surface area contributed by atoms with E-state index in [1.54, 1.807) is 25.1 Å². The Kier molecular flexibility index (Phi) is 7.46. The quantitative estimate of drug-likeness (QED) is 0.0666. The van der Waals surface area contributed by atoms with Crippen LogP contribution in [0.4, 0.5) is 9.52 Å². The summed E-state index contributed by atoms with van der Waals surface area (Å²) in [4.78, 5) is 28.1. The molecule has 1 N–H and O–H groups in total. The molecule has 1 amide bonds. The summed E-state index contributed by atoms with van der Waals surface area (Å²) in [6.07, 6.45) is 0. The van der Waals surface area contributed by atoms with Crippen LogP contribution in [0.3, 0.4) is 0 Å². The lowest BCUT2D eigenvalue weighted by atomic mass is 9.95. The number of carbonyl (C=O) groups excluding carboxylic acids is 2. The van der Waals surface area contributed by atoms with Crippen LogP contribution in [0.1, 0.15) is 28.3 Å². The summed E-state index contributed by atoms with van der Waals surface area (Å²) in [5.74, 6) is -2.06. The van der Waals surface area contributed by atoms with Gasteiger partial charge in [-0.3, -0.25) is 14.5 Å². The molecule has 1 saturated heterocycles. The molecule has 1 aromatic heterocycles. The molecule has 4 aromatic carbocycles. The number of Topliss-reactive ketones (excluding diaryl/α,β-unsaturated/α-hetero) is 1. The monoisotopic (exact) mass is 645 g/mol. The van der Waals surface area contributed by atoms with Gasteiger partial charge in [0, 0.05) is 15.8 Å². The smallest absolute Gasteiger partial charge is 0.301 e. The number of thioether (sulfide) groups is 1. The lowest BCUT2D eigenvalue weighted by molar-refractivity contribution is -0.132. The van der Waals surface area contributed by atoms with E-state index in [1.807, 2.05) is 24.3 Å². The average Bonchev–Trinajstić information content (AvgIpc) is 3.54. The summed E-state index contributed by atoms with van der Waals surface area (Å²) in [6, 6.07) is 24.6. The first kappa shape index (κ1) is 27.3. The van der Waals surface area contributed by atoms with Crippen LogP contribution in [-0.2, 0) is 15.3 Å². The zero-order chi connectivity index (χ0) is 28.7. The largest absolute Gasteiger partial charge is 0.507 e. The number of hydrogen-bond donors (Lipinski definition) is 1. The number of carbonyl (C=O) groups is 2. The first-order valence-corrected chi connectivity index (χ1v) is 15.2. The van der Waals surface area contributed by atoms with Crippen molar-refractivity contribution in [3.05, 3.63) is 123 Å². The van der Waals surface area contributed by atoms with Gasteiger partial charge in [-0.25, -0.2) is 4.39 Å². The van der Waals surface area contributed by atoms with E-state index in [1.165, 1.54) is 40.1 Å². The maximum Gasteiger partial charge on any atom is 0.301 e. The van der Waals surface area contributed by atoms with E-state index in [2.05, 4.69) is 50.4 Å². The van der Waals surface area contributed by atoms with Crippen molar-refractivity contribution in [2.75, 3.05) is 4.90 Å². The van der Waals surface area contributed by atoms with Crippen LogP contribution in [0.5, 0.6) is 0 Å². The van der Waals surface area contributed by atoms with Crippen molar-refractivity contribution in [3.63, 3.8) is 0 Å². The molecule has 0 unspecified atom stereocenters. The van der Waals surface area contributed by atoms with Crippen molar-refractivity contribution < 1.29 is 19.1 Å². The normalized spacial score (nSPS) is 16.6. The number of aliphatic hydroxyl groups excluding tert-OH is 1. The predicted octanol–water partition coefficient (Wildman–Crippen LogP) is 7.82. The molecule has 0 bridgehead atoms. The van der Waals surface area contributed by atoms with E-state index in [0.29, 0.717) is 21.2 Å². The molecule has 2 heterocycles. The van der Waals surface area contributed by atoms with Crippen molar-refractivity contribution >= 4 is 72.4 Å². The van der Waals surface area contributed by atoms with Gasteiger partial charge in [0.25, 0.3) is 5.78 Å². The van der Waals surface area contributed by atoms with E-state index in [9.17, 15) is 19.1 Å². The van der Waals surface area contributed by atoms with Gasteiger partial charge in [0.2, 0.25) is 5.13 Å². The molecule has 10 heteroatoms. The third kappa shape index (κ3) is 5.18. The fourth-order valence-corrected chi connectivity index (χ4v) is 7.12. The zero-order valence-corrected chi connectivity index (χ0v) is 24.8. The number of ketones is 1. The van der Waals surface area contributed by atoms with E-state index < -0.39 is 29.3 Å². The number of aryl methyl sites for hydroxylation is 1. The van der Waals surface area contributed by atoms with Gasteiger partial charge < -0.3 is 5.11 Å². The summed E-state index contributed by atoms with van der Waals surface area (Å²) < 4.78 is 15.7. The molecule has 1 aliphatic heterocycles. The number of anilines is 1. The van der Waals surface area contributed by atoms with Gasteiger partial charge in [-0.15, -0.1) is 10.2 Å². The number of hydrogen-bond acceptors (Lipinski definition) is 7. The molecule has 0 aliphatic carbocycles. The van der Waals surface area contributed by atoms with Gasteiger partial charge in [-0.1, -0.05) is 106 Å². The number of aliphatic hydroxyl groups is 1. The third-order valence-corrected chi connectivity index (χ3v) is 9.49. The summed E-state index contributed by atoms with van der Waals surface area (Å²) in [5, 5.41) is 22.4. The van der Waals surface area contributed by atoms with Crippen molar-refractivity contribution in [2.45, 2.75) is 23.1 Å². The Labute approximate surface area is 251 Å². The molecule has 41 heavy (non-hydrogen) atoms. The average molecular weight is 647 g/mol. The molecule has 1 atom stereocenters. The van der Waals surface area contributed by atoms with Crippen molar-refractivity contribution in [1.82, 2.24) is 10.2 Å². The van der Waals surface area contributed by atoms with Gasteiger partial charge in [0.15, 0.2) is 4.34 Å². The number of nitrogens with zero attached hydrogens (tertiary/aromatic N) is 3. The Bertz CT molecular complexity index is 1870. The van der Waals surface area contributed by atoms with Crippen molar-refractivity contribution in [3.8, 4) is 0 Å². The van der Waals surface area contributed by atoms with Crippen LogP contribution < -0.4 is 4.90 Å². The summed E-state index contributed by atoms with van der Waals surface area (Å²) >= 11 is 6.14. The van der Waals surface area contributed by atoms with E-state index in [-0.39, 0.29) is 16.3 Å². The molecule has 1 fully saturated rings. The first-order chi connectivity index (χ1) is 19.8. The number of aromatic nitrogens is 2. The summed E-state index contributed by atoms with van der Waals surface area (Å²) in [5.41, 5.74) is 2.08. The van der Waals surface area contributed by atoms with Crippen LogP contribution in [-0.4, -0.2) is 27.0 Å². The fraction of sp³-hybridized carbons (Fsp3) is 0.0968. The molecule has 1 aliphatic rings. The maximum absolute atomic E-state index is 14.4. The van der Waals surface area contributed by atoms with Crippen molar-refractivity contribution in [1.29, 1.82) is 0 Å². The molecule has 6 nitrogen and oxygen atoms in total. The highest BCUT2D eigenvalue weighted by Gasteiger charge is 2.48. The van der Waals surface area contributed by atoms with Crippen molar-refractivity contribution in [2.24, 2.45) is 0 Å². The zero-order valence-electron chi connectivity index (χ0n) is 21.5. The molecule has 0 spiro atoms. The molecule has 5 aromatic rings. The minimum Gasteiger partial charge on any atom is -0.507 e. The first-order valence-electron chi connectivity index (χ1n) is 12.6. The summed E-state index contributed by atoms with van der Waals surface area (Å²) in [6.45, 7) is 1.60. The second kappa shape index (κ2) is 11.2. The lowest BCUT2D eigenvalue weighted by Gasteiger charge is -2.22. The second-order valence-corrected chi connectivity index (χ2v) is 12.6. The number of halogens is 2. The summed E-state index contributed by atoms with van der Waals surface area (Å²) in [7, 11) is 0. The van der Waals surface area contributed by atoms with E-state index >= 15 is 0 Å². The lowest BCUT2D eigenvalue weighted by Crippen LogP contribution is -2.29. The van der Waals surface area contributed by atoms with Gasteiger partial charge in [-0.2, -0.15) is 0 Å². The van der Waals surface area contributed by atoms with Gasteiger partial charge in [0.1, 0.15) is 11.6 Å². The minimum absolute atomic E-state index is 0.106. The Hall–Kier alpha value is -3.86. The van der Waals surface area contributed by atoms with Crippen LogP contribution >= 0.6 is 39.0 Å². The third-order valence-electron chi connectivity index (χ3n) is 6.89. The molecule has 204 valence electrons. The van der Waals surface area contributed by atoms with Crippen LogP contribution in [0, 0.1) is 12.7 Å². The molecule has 6 rings (SSSR count). The number of amides is 1. The van der Waals surface area contributed by atoms with Gasteiger partial charge in [-0.05, 0) is 52.6 Å². The number of fused-ring (bicyclic) bond motifs is 1. The molecular formula is C31H21BrFN3O3S2. The predicted molar refractivity (Wildman–Crippen MR) is 163 cm³/mol. The molecule has 0 saturated carbocycles. The number of rotatable bonds is 6. The highest BCUT2D eigenvalue weighted by molar-refractivity contribution is 9.10. The van der Waals surface area contributed by atoms with Crippen LogP contribution in [0.25, 0.3) is 16.5 Å². The highest BCUT2D eigenvalue weighted by Crippen LogP contribution is 2.44. The van der Waals surface area contributed by atoms with Gasteiger partial charge in [0.05, 0.1) is 11.6 Å².